The van der Waals surface area contributed by atoms with Crippen molar-refractivity contribution in [3.05, 3.63) is 69.2 Å². The first kappa shape index (κ1) is 20.5. The summed E-state index contributed by atoms with van der Waals surface area (Å²) in [7, 11) is 0. The van der Waals surface area contributed by atoms with E-state index in [0.29, 0.717) is 28.9 Å². The van der Waals surface area contributed by atoms with Gasteiger partial charge in [-0.3, -0.25) is 19.8 Å². The first-order valence-corrected chi connectivity index (χ1v) is 10.6. The molecule has 9 heteroatoms. The Bertz CT molecular complexity index is 1120. The number of hydrogen-bond donors (Lipinski definition) is 0. The number of hydrogen-bond acceptors (Lipinski definition) is 6. The number of non-ortho nitro benzene ring substituents is 1. The predicted molar refractivity (Wildman–Crippen MR) is 118 cm³/mol. The van der Waals surface area contributed by atoms with Crippen LogP contribution in [0.25, 0.3) is 16.3 Å². The number of carbonyl (C=O) groups is 1. The quantitative estimate of drug-likeness (QED) is 0.301. The average Bonchev–Trinajstić information content (AvgIpc) is 3.39. The number of anilines is 1. The fourth-order valence-electron chi connectivity index (χ4n) is 3.26. The van der Waals surface area contributed by atoms with E-state index in [1.165, 1.54) is 29.5 Å². The van der Waals surface area contributed by atoms with Crippen molar-refractivity contribution in [2.75, 3.05) is 18.1 Å². The molecule has 7 nitrogen and oxygen atoms in total. The number of amides is 1. The van der Waals surface area contributed by atoms with E-state index >= 15 is 0 Å². The van der Waals surface area contributed by atoms with E-state index in [1.54, 1.807) is 29.2 Å². The van der Waals surface area contributed by atoms with Crippen LogP contribution in [0.5, 0.6) is 0 Å². The second-order valence-corrected chi connectivity index (χ2v) is 8.32. The molecule has 1 atom stereocenters. The fraction of sp³-hybridized carbons (Fsp3) is 0.238. The maximum atomic E-state index is 13.1. The largest absolute Gasteiger partial charge is 0.376 e. The number of rotatable bonds is 6. The maximum absolute atomic E-state index is 13.1. The number of ether oxygens (including phenoxy) is 1. The molecule has 0 aliphatic carbocycles. The van der Waals surface area contributed by atoms with Gasteiger partial charge in [-0.25, -0.2) is 4.98 Å². The lowest BCUT2D eigenvalue weighted by Crippen LogP contribution is -2.36. The summed E-state index contributed by atoms with van der Waals surface area (Å²) in [5.41, 5.74) is 1.32. The van der Waals surface area contributed by atoms with E-state index in [-0.39, 0.29) is 17.7 Å². The molecule has 2 aromatic carbocycles. The predicted octanol–water partition coefficient (Wildman–Crippen LogP) is 5.08. The summed E-state index contributed by atoms with van der Waals surface area (Å²) >= 11 is 7.47. The molecule has 1 aromatic heterocycles. The van der Waals surface area contributed by atoms with E-state index in [9.17, 15) is 14.9 Å². The molecule has 154 valence electrons. The van der Waals surface area contributed by atoms with Gasteiger partial charge in [-0.2, -0.15) is 0 Å². The van der Waals surface area contributed by atoms with E-state index in [4.69, 9.17) is 16.3 Å². The summed E-state index contributed by atoms with van der Waals surface area (Å²) in [4.78, 5) is 29.8. The van der Waals surface area contributed by atoms with Crippen LogP contribution in [-0.4, -0.2) is 35.1 Å². The van der Waals surface area contributed by atoms with Gasteiger partial charge in [0, 0.05) is 29.8 Å². The molecule has 1 amide bonds. The van der Waals surface area contributed by atoms with Gasteiger partial charge in [0.2, 0.25) is 0 Å². The number of nitrogens with zero attached hydrogens (tertiary/aromatic N) is 3. The highest BCUT2D eigenvalue weighted by atomic mass is 35.5. The van der Waals surface area contributed by atoms with Gasteiger partial charge >= 0.3 is 0 Å². The van der Waals surface area contributed by atoms with Gasteiger partial charge in [-0.1, -0.05) is 35.1 Å². The average molecular weight is 444 g/mol. The van der Waals surface area contributed by atoms with E-state index in [1.807, 2.05) is 12.1 Å². The van der Waals surface area contributed by atoms with E-state index < -0.39 is 4.92 Å². The molecule has 0 N–H and O–H groups in total. The molecule has 0 saturated carbocycles. The molecule has 2 heterocycles. The minimum absolute atomic E-state index is 0.0242. The highest BCUT2D eigenvalue weighted by Gasteiger charge is 2.25. The van der Waals surface area contributed by atoms with Crippen molar-refractivity contribution in [2.24, 2.45) is 0 Å². The Morgan fingerprint density at radius 1 is 1.37 bits per heavy atom. The standard InChI is InChI=1S/C21H18ClN3O4S/c22-15-7-8-18-19(12-15)30-21(23-18)24(13-17-5-2-10-29-17)20(26)9-6-14-3-1-4-16(11-14)25(27)28/h1,3-4,6-9,11-12,17H,2,5,10,13H2/b9-6+. The fourth-order valence-corrected chi connectivity index (χ4v) is 4.51. The van der Waals surface area contributed by atoms with Gasteiger partial charge in [-0.05, 0) is 42.7 Å². The Morgan fingerprint density at radius 2 is 2.23 bits per heavy atom. The zero-order chi connectivity index (χ0) is 21.1. The summed E-state index contributed by atoms with van der Waals surface area (Å²) in [6.45, 7) is 1.08. The molecular formula is C21H18ClN3O4S. The third-order valence-electron chi connectivity index (χ3n) is 4.75. The van der Waals surface area contributed by atoms with E-state index in [2.05, 4.69) is 4.98 Å². The number of benzene rings is 2. The summed E-state index contributed by atoms with van der Waals surface area (Å²) in [5.74, 6) is -0.262. The van der Waals surface area contributed by atoms with Crippen LogP contribution in [0.2, 0.25) is 5.02 Å². The van der Waals surface area contributed by atoms with Crippen LogP contribution >= 0.6 is 22.9 Å². The van der Waals surface area contributed by atoms with Gasteiger partial charge in [0.25, 0.3) is 11.6 Å². The summed E-state index contributed by atoms with van der Waals surface area (Å²) in [6, 6.07) is 11.5. The molecule has 1 unspecified atom stereocenters. The smallest absolute Gasteiger partial charge is 0.270 e. The van der Waals surface area contributed by atoms with E-state index in [0.717, 1.165) is 23.1 Å². The van der Waals surface area contributed by atoms with Gasteiger partial charge in [0.15, 0.2) is 5.13 Å². The number of nitro groups is 1. The topological polar surface area (TPSA) is 85.6 Å². The lowest BCUT2D eigenvalue weighted by atomic mass is 10.2. The number of halogens is 1. The monoisotopic (exact) mass is 443 g/mol. The first-order chi connectivity index (χ1) is 14.5. The second-order valence-electron chi connectivity index (χ2n) is 6.88. The van der Waals surface area contributed by atoms with Gasteiger partial charge < -0.3 is 4.74 Å². The summed E-state index contributed by atoms with van der Waals surface area (Å²) < 4.78 is 6.61. The van der Waals surface area contributed by atoms with Crippen molar-refractivity contribution in [3.8, 4) is 0 Å². The van der Waals surface area contributed by atoms with Crippen molar-refractivity contribution in [1.29, 1.82) is 0 Å². The molecular weight excluding hydrogens is 426 g/mol. The molecule has 0 radical (unpaired) electrons. The Labute approximate surface area is 181 Å². The molecule has 0 spiro atoms. The Balaban J connectivity index is 1.61. The Kier molecular flexibility index (Phi) is 6.08. The van der Waals surface area contributed by atoms with Crippen molar-refractivity contribution < 1.29 is 14.5 Å². The third-order valence-corrected chi connectivity index (χ3v) is 6.02. The number of carbonyl (C=O) groups excluding carboxylic acids is 1. The van der Waals surface area contributed by atoms with Gasteiger partial charge in [-0.15, -0.1) is 0 Å². The number of fused-ring (bicyclic) bond motifs is 1. The molecule has 1 aliphatic rings. The molecule has 3 aromatic rings. The zero-order valence-corrected chi connectivity index (χ0v) is 17.4. The zero-order valence-electron chi connectivity index (χ0n) is 15.9. The van der Waals surface area contributed by atoms with Crippen LogP contribution in [0, 0.1) is 10.1 Å². The first-order valence-electron chi connectivity index (χ1n) is 9.41. The minimum Gasteiger partial charge on any atom is -0.376 e. The lowest BCUT2D eigenvalue weighted by molar-refractivity contribution is -0.384. The Hall–Kier alpha value is -2.81. The second kappa shape index (κ2) is 8.91. The third kappa shape index (κ3) is 4.67. The van der Waals surface area contributed by atoms with Gasteiger partial charge in [0.05, 0.1) is 27.8 Å². The molecule has 4 rings (SSSR count). The number of thiazole rings is 1. The van der Waals surface area contributed by atoms with Crippen LogP contribution in [0.15, 0.2) is 48.5 Å². The maximum Gasteiger partial charge on any atom is 0.270 e. The molecule has 1 aliphatic heterocycles. The Morgan fingerprint density at radius 3 is 3.00 bits per heavy atom. The number of aromatic nitrogens is 1. The van der Waals surface area contributed by atoms with Gasteiger partial charge in [0.1, 0.15) is 0 Å². The molecule has 1 fully saturated rings. The van der Waals surface area contributed by atoms with Crippen LogP contribution in [-0.2, 0) is 9.53 Å². The molecule has 30 heavy (non-hydrogen) atoms. The number of nitro benzene ring substituents is 1. The molecule has 1 saturated heterocycles. The normalized spacial score (nSPS) is 16.4. The summed E-state index contributed by atoms with van der Waals surface area (Å²) in [6.07, 6.45) is 4.78. The lowest BCUT2D eigenvalue weighted by Gasteiger charge is -2.21. The minimum atomic E-state index is -0.463. The molecule has 0 bridgehead atoms. The highest BCUT2D eigenvalue weighted by molar-refractivity contribution is 7.22. The van der Waals surface area contributed by atoms with Crippen LogP contribution in [0.1, 0.15) is 18.4 Å². The van der Waals surface area contributed by atoms with Crippen LogP contribution in [0.3, 0.4) is 0 Å². The van der Waals surface area contributed by atoms with Crippen LogP contribution in [0.4, 0.5) is 10.8 Å². The van der Waals surface area contributed by atoms with Crippen molar-refractivity contribution in [3.63, 3.8) is 0 Å². The summed E-state index contributed by atoms with van der Waals surface area (Å²) in [5, 5.41) is 12.1. The highest BCUT2D eigenvalue weighted by Crippen LogP contribution is 2.32. The van der Waals surface area contributed by atoms with Crippen molar-refractivity contribution in [1.82, 2.24) is 4.98 Å². The van der Waals surface area contributed by atoms with Crippen LogP contribution < -0.4 is 4.90 Å². The van der Waals surface area contributed by atoms with Crippen molar-refractivity contribution in [2.45, 2.75) is 18.9 Å². The SMILES string of the molecule is O=C(/C=C/c1cccc([N+](=O)[O-])c1)N(CC1CCCO1)c1nc2ccc(Cl)cc2s1. The van der Waals surface area contributed by atoms with Crippen molar-refractivity contribution >= 4 is 56.0 Å².